The lowest BCUT2D eigenvalue weighted by molar-refractivity contribution is 0.531. The number of benzene rings is 2. The van der Waals surface area contributed by atoms with Gasteiger partial charge < -0.3 is 4.42 Å². The zero-order chi connectivity index (χ0) is 12.7. The Bertz CT molecular complexity index is 823. The molecule has 4 heteroatoms. The molecule has 0 radical (unpaired) electrons. The lowest BCUT2D eigenvalue weighted by atomic mass is 10.2. The minimum atomic E-state index is 0.482. The maximum atomic E-state index is 5.75. The molecule has 2 aliphatic rings. The molecule has 0 N–H and O–H groups in total. The van der Waals surface area contributed by atoms with Crippen LogP contribution >= 0.6 is 0 Å². The molecule has 0 amide bonds. The number of fused-ring (bicyclic) bond motifs is 3. The summed E-state index contributed by atoms with van der Waals surface area (Å²) in [6.07, 6.45) is 0. The highest BCUT2D eigenvalue weighted by Gasteiger charge is 2.17. The largest absolute Gasteiger partial charge is 0.416 e. The summed E-state index contributed by atoms with van der Waals surface area (Å²) in [6, 6.07) is 17.5. The van der Waals surface area contributed by atoms with Crippen molar-refractivity contribution in [3.63, 3.8) is 0 Å². The normalized spacial score (nSPS) is 11.2. The van der Waals surface area contributed by atoms with Gasteiger partial charge >= 0.3 is 0 Å². The number of aromatic nitrogens is 3. The third-order valence-corrected chi connectivity index (χ3v) is 3.04. The van der Waals surface area contributed by atoms with Gasteiger partial charge in [0.05, 0.1) is 5.52 Å². The van der Waals surface area contributed by atoms with Crippen LogP contribution in [0.3, 0.4) is 0 Å². The molecule has 4 rings (SSSR count). The summed E-state index contributed by atoms with van der Waals surface area (Å²) in [5, 5.41) is 9.35. The Hall–Kier alpha value is -2.75. The zero-order valence-electron chi connectivity index (χ0n) is 9.95. The van der Waals surface area contributed by atoms with Crippen molar-refractivity contribution >= 4 is 10.9 Å². The van der Waals surface area contributed by atoms with E-state index >= 15 is 0 Å². The van der Waals surface area contributed by atoms with Crippen LogP contribution in [-0.2, 0) is 0 Å². The predicted molar refractivity (Wildman–Crippen MR) is 71.7 cm³/mol. The Balaban J connectivity index is 1.97. The Morgan fingerprint density at radius 2 is 1.53 bits per heavy atom. The summed E-state index contributed by atoms with van der Waals surface area (Å²) in [5.41, 5.74) is 2.47. The molecule has 2 heterocycles. The van der Waals surface area contributed by atoms with E-state index in [2.05, 4.69) is 15.2 Å². The quantitative estimate of drug-likeness (QED) is 0.517. The van der Waals surface area contributed by atoms with Gasteiger partial charge in [-0.15, -0.1) is 10.2 Å². The second-order valence-corrected chi connectivity index (χ2v) is 4.26. The van der Waals surface area contributed by atoms with Gasteiger partial charge in [-0.25, -0.2) is 4.98 Å². The number of hydrogen-bond acceptors (Lipinski definition) is 4. The lowest BCUT2D eigenvalue weighted by Crippen LogP contribution is -1.91. The number of rotatable bonds is 1. The predicted octanol–water partition coefficient (Wildman–Crippen LogP) is 3.39. The van der Waals surface area contributed by atoms with Crippen molar-refractivity contribution in [3.05, 3.63) is 54.6 Å². The smallest absolute Gasteiger partial charge is 0.250 e. The Morgan fingerprint density at radius 1 is 0.737 bits per heavy atom. The first-order chi connectivity index (χ1) is 9.42. The van der Waals surface area contributed by atoms with Crippen LogP contribution < -0.4 is 0 Å². The highest BCUT2D eigenvalue weighted by atomic mass is 16.4. The molecule has 0 unspecified atom stereocenters. The maximum absolute atomic E-state index is 5.75. The van der Waals surface area contributed by atoms with E-state index in [0.717, 1.165) is 16.5 Å². The van der Waals surface area contributed by atoms with Gasteiger partial charge in [-0.3, -0.25) is 0 Å². The molecule has 0 aromatic heterocycles. The second-order valence-electron chi connectivity index (χ2n) is 4.26. The van der Waals surface area contributed by atoms with Crippen LogP contribution in [0.5, 0.6) is 0 Å². The fourth-order valence-electron chi connectivity index (χ4n) is 2.12. The summed E-state index contributed by atoms with van der Waals surface area (Å²) in [5.74, 6) is 1.01. The SMILES string of the molecule is c1ccc(-c2nnc3c4ccccc4nc-3o2)cc1. The Kier molecular flexibility index (Phi) is 2.08. The monoisotopic (exact) mass is 247 g/mol. The van der Waals surface area contributed by atoms with E-state index in [9.17, 15) is 0 Å². The van der Waals surface area contributed by atoms with E-state index in [-0.39, 0.29) is 0 Å². The van der Waals surface area contributed by atoms with Gasteiger partial charge in [0, 0.05) is 10.9 Å². The van der Waals surface area contributed by atoms with Crippen molar-refractivity contribution in [2.45, 2.75) is 0 Å². The van der Waals surface area contributed by atoms with E-state index in [1.165, 1.54) is 0 Å². The standard InChI is InChI=1S/C15H9N3O/c1-2-6-10(7-3-1)14-18-17-13-11-8-4-5-9-12(11)16-15(13)19-14/h1-9H. The fourth-order valence-corrected chi connectivity index (χ4v) is 2.12. The van der Waals surface area contributed by atoms with E-state index in [4.69, 9.17) is 4.42 Å². The van der Waals surface area contributed by atoms with Crippen molar-refractivity contribution in [2.75, 3.05) is 0 Å². The van der Waals surface area contributed by atoms with Crippen molar-refractivity contribution in [3.8, 4) is 23.0 Å². The molecule has 0 fully saturated rings. The molecule has 0 aliphatic carbocycles. The molecule has 0 bridgehead atoms. The van der Waals surface area contributed by atoms with Gasteiger partial charge in [0.2, 0.25) is 5.89 Å². The molecule has 2 aromatic carbocycles. The molecule has 0 saturated carbocycles. The Labute approximate surface area is 109 Å². The van der Waals surface area contributed by atoms with Crippen molar-refractivity contribution in [1.29, 1.82) is 0 Å². The summed E-state index contributed by atoms with van der Waals surface area (Å²) >= 11 is 0. The number of hydrogen-bond donors (Lipinski definition) is 0. The average Bonchev–Trinajstić information content (AvgIpc) is 2.86. The fraction of sp³-hybridized carbons (Fsp3) is 0. The molecule has 0 atom stereocenters. The first-order valence-corrected chi connectivity index (χ1v) is 5.99. The lowest BCUT2D eigenvalue weighted by Gasteiger charge is -2.00. The van der Waals surface area contributed by atoms with Crippen LogP contribution in [0.25, 0.3) is 33.9 Å². The number of para-hydroxylation sites is 1. The maximum Gasteiger partial charge on any atom is 0.250 e. The van der Waals surface area contributed by atoms with Crippen LogP contribution in [-0.4, -0.2) is 15.2 Å². The third kappa shape index (κ3) is 1.57. The second kappa shape index (κ2) is 3.88. The minimum Gasteiger partial charge on any atom is -0.416 e. The van der Waals surface area contributed by atoms with Gasteiger partial charge in [0.25, 0.3) is 5.89 Å². The molecule has 90 valence electrons. The van der Waals surface area contributed by atoms with Gasteiger partial charge in [-0.05, 0) is 18.2 Å². The van der Waals surface area contributed by atoms with E-state index in [1.807, 2.05) is 54.6 Å². The molecule has 2 aliphatic heterocycles. The molecule has 2 aromatic rings. The molecule has 4 nitrogen and oxygen atoms in total. The van der Waals surface area contributed by atoms with E-state index < -0.39 is 0 Å². The Morgan fingerprint density at radius 3 is 2.42 bits per heavy atom. The van der Waals surface area contributed by atoms with E-state index in [0.29, 0.717) is 17.5 Å². The van der Waals surface area contributed by atoms with Gasteiger partial charge in [0.15, 0.2) is 5.69 Å². The van der Waals surface area contributed by atoms with Gasteiger partial charge in [0.1, 0.15) is 0 Å². The molecular weight excluding hydrogens is 238 g/mol. The highest BCUT2D eigenvalue weighted by Crippen LogP contribution is 2.30. The molecule has 0 spiro atoms. The van der Waals surface area contributed by atoms with Crippen LogP contribution in [0.1, 0.15) is 0 Å². The first kappa shape index (κ1) is 10.2. The highest BCUT2D eigenvalue weighted by molar-refractivity contribution is 5.93. The minimum absolute atomic E-state index is 0.482. The summed E-state index contributed by atoms with van der Waals surface area (Å²) in [6.45, 7) is 0. The zero-order valence-corrected chi connectivity index (χ0v) is 9.95. The van der Waals surface area contributed by atoms with Crippen LogP contribution in [0.15, 0.2) is 59.0 Å². The van der Waals surface area contributed by atoms with Gasteiger partial charge in [-0.1, -0.05) is 36.4 Å². The molecule has 0 saturated heterocycles. The topological polar surface area (TPSA) is 51.8 Å². The van der Waals surface area contributed by atoms with E-state index in [1.54, 1.807) is 0 Å². The van der Waals surface area contributed by atoms with Crippen LogP contribution in [0.4, 0.5) is 0 Å². The van der Waals surface area contributed by atoms with Crippen LogP contribution in [0, 0.1) is 0 Å². The number of nitrogens with zero attached hydrogens (tertiary/aromatic N) is 3. The van der Waals surface area contributed by atoms with Gasteiger partial charge in [-0.2, -0.15) is 0 Å². The summed E-state index contributed by atoms with van der Waals surface area (Å²) in [4.78, 5) is 4.43. The average molecular weight is 247 g/mol. The van der Waals surface area contributed by atoms with Crippen LogP contribution in [0.2, 0.25) is 0 Å². The molecular formula is C15H9N3O. The van der Waals surface area contributed by atoms with Crippen molar-refractivity contribution < 1.29 is 4.42 Å². The molecule has 19 heavy (non-hydrogen) atoms. The van der Waals surface area contributed by atoms with Crippen molar-refractivity contribution in [2.24, 2.45) is 0 Å². The summed E-state index contributed by atoms with van der Waals surface area (Å²) in [7, 11) is 0. The summed E-state index contributed by atoms with van der Waals surface area (Å²) < 4.78 is 5.75. The third-order valence-electron chi connectivity index (χ3n) is 3.04. The first-order valence-electron chi connectivity index (χ1n) is 5.99. The van der Waals surface area contributed by atoms with Crippen molar-refractivity contribution in [1.82, 2.24) is 15.2 Å².